The Bertz CT molecular complexity index is 424. The molecule has 19 heavy (non-hydrogen) atoms. The molecule has 6 heteroatoms. The lowest BCUT2D eigenvalue weighted by Gasteiger charge is -2.10. The SMILES string of the molecule is CC=C(Cl)OCCCCOc1c(Cl)cc(O)cc1Cl. The van der Waals surface area contributed by atoms with Crippen LogP contribution in [0.5, 0.6) is 11.5 Å². The molecule has 3 nitrogen and oxygen atoms in total. The Labute approximate surface area is 127 Å². The second kappa shape index (κ2) is 8.41. The Morgan fingerprint density at radius 1 is 1.21 bits per heavy atom. The average molecular weight is 326 g/mol. The first-order chi connectivity index (χ1) is 9.04. The Balaban J connectivity index is 2.30. The number of ether oxygens (including phenoxy) is 2. The summed E-state index contributed by atoms with van der Waals surface area (Å²) in [5.74, 6) is 0.394. The van der Waals surface area contributed by atoms with Gasteiger partial charge in [0.2, 0.25) is 0 Å². The van der Waals surface area contributed by atoms with Crippen LogP contribution in [0.15, 0.2) is 23.4 Å². The summed E-state index contributed by atoms with van der Waals surface area (Å²) in [6.45, 7) is 2.80. The molecule has 1 N–H and O–H groups in total. The summed E-state index contributed by atoms with van der Waals surface area (Å²) >= 11 is 17.5. The molecule has 0 fully saturated rings. The van der Waals surface area contributed by atoms with Crippen LogP contribution >= 0.6 is 34.8 Å². The zero-order valence-electron chi connectivity index (χ0n) is 10.5. The van der Waals surface area contributed by atoms with Crippen LogP contribution in [0.4, 0.5) is 0 Å². The first-order valence-corrected chi connectivity index (χ1v) is 6.93. The van der Waals surface area contributed by atoms with Gasteiger partial charge in [-0.25, -0.2) is 0 Å². The van der Waals surface area contributed by atoms with Crippen molar-refractivity contribution in [1.82, 2.24) is 0 Å². The third kappa shape index (κ3) is 5.81. The van der Waals surface area contributed by atoms with E-state index >= 15 is 0 Å². The van der Waals surface area contributed by atoms with E-state index in [2.05, 4.69) is 0 Å². The smallest absolute Gasteiger partial charge is 0.182 e. The topological polar surface area (TPSA) is 38.7 Å². The van der Waals surface area contributed by atoms with Crippen molar-refractivity contribution in [3.63, 3.8) is 0 Å². The van der Waals surface area contributed by atoms with Gasteiger partial charge in [-0.15, -0.1) is 0 Å². The minimum atomic E-state index is 0.0109. The van der Waals surface area contributed by atoms with Crippen LogP contribution in [0.1, 0.15) is 19.8 Å². The lowest BCUT2D eigenvalue weighted by Crippen LogP contribution is -2.01. The molecule has 0 bridgehead atoms. The summed E-state index contributed by atoms with van der Waals surface area (Å²) in [7, 11) is 0. The van der Waals surface area contributed by atoms with E-state index in [0.29, 0.717) is 34.2 Å². The molecule has 0 amide bonds. The molecule has 106 valence electrons. The highest BCUT2D eigenvalue weighted by molar-refractivity contribution is 6.37. The fourth-order valence-corrected chi connectivity index (χ4v) is 1.98. The molecular formula is C13H15Cl3O3. The van der Waals surface area contributed by atoms with Crippen LogP contribution in [0.25, 0.3) is 0 Å². The van der Waals surface area contributed by atoms with E-state index in [1.807, 2.05) is 0 Å². The van der Waals surface area contributed by atoms with Gasteiger partial charge in [-0.05, 0) is 37.4 Å². The maximum Gasteiger partial charge on any atom is 0.182 e. The fourth-order valence-electron chi connectivity index (χ4n) is 1.32. The summed E-state index contributed by atoms with van der Waals surface area (Å²) in [4.78, 5) is 0. The maximum atomic E-state index is 9.28. The summed E-state index contributed by atoms with van der Waals surface area (Å²) in [6.07, 6.45) is 3.27. The zero-order chi connectivity index (χ0) is 14.3. The maximum absolute atomic E-state index is 9.28. The normalized spacial score (nSPS) is 11.5. The average Bonchev–Trinajstić information content (AvgIpc) is 2.35. The van der Waals surface area contributed by atoms with Gasteiger partial charge in [0.1, 0.15) is 5.75 Å². The largest absolute Gasteiger partial charge is 0.508 e. The van der Waals surface area contributed by atoms with Gasteiger partial charge >= 0.3 is 0 Å². The standard InChI is InChI=1S/C13H15Cl3O3/c1-2-12(16)18-5-3-4-6-19-13-10(14)7-9(17)8-11(13)15/h2,7-8,17H,3-6H2,1H3. The van der Waals surface area contributed by atoms with Gasteiger partial charge in [0.15, 0.2) is 11.0 Å². The first-order valence-electron chi connectivity index (χ1n) is 5.80. The van der Waals surface area contributed by atoms with E-state index in [9.17, 15) is 5.11 Å². The predicted molar refractivity (Wildman–Crippen MR) is 78.4 cm³/mol. The van der Waals surface area contributed by atoms with E-state index in [4.69, 9.17) is 44.3 Å². The predicted octanol–water partition coefficient (Wildman–Crippen LogP) is 4.97. The lowest BCUT2D eigenvalue weighted by molar-refractivity contribution is 0.215. The molecule has 0 unspecified atom stereocenters. The van der Waals surface area contributed by atoms with Crippen LogP contribution in [-0.4, -0.2) is 18.3 Å². The highest BCUT2D eigenvalue weighted by atomic mass is 35.5. The van der Waals surface area contributed by atoms with Gasteiger partial charge in [0, 0.05) is 12.1 Å². The molecule has 0 saturated carbocycles. The van der Waals surface area contributed by atoms with E-state index < -0.39 is 0 Å². The van der Waals surface area contributed by atoms with Crippen LogP contribution in [0.3, 0.4) is 0 Å². The minimum absolute atomic E-state index is 0.0109. The van der Waals surface area contributed by atoms with E-state index in [-0.39, 0.29) is 5.75 Å². The van der Waals surface area contributed by atoms with Gasteiger partial charge in [0.05, 0.1) is 23.3 Å². The van der Waals surface area contributed by atoms with Crippen molar-refractivity contribution in [2.45, 2.75) is 19.8 Å². The zero-order valence-corrected chi connectivity index (χ0v) is 12.7. The molecule has 0 aromatic heterocycles. The van der Waals surface area contributed by atoms with E-state index in [1.54, 1.807) is 13.0 Å². The molecule has 0 aliphatic carbocycles. The van der Waals surface area contributed by atoms with Gasteiger partial charge in [-0.3, -0.25) is 0 Å². The van der Waals surface area contributed by atoms with Crippen LogP contribution in [-0.2, 0) is 4.74 Å². The van der Waals surface area contributed by atoms with Crippen LogP contribution < -0.4 is 4.74 Å². The number of phenolic OH excluding ortho intramolecular Hbond substituents is 1. The third-order valence-corrected chi connectivity index (χ3v) is 3.12. The summed E-state index contributed by atoms with van der Waals surface area (Å²) in [5, 5.41) is 10.3. The van der Waals surface area contributed by atoms with Gasteiger partial charge < -0.3 is 14.6 Å². The number of halogens is 3. The van der Waals surface area contributed by atoms with Crippen molar-refractivity contribution in [1.29, 1.82) is 0 Å². The number of benzene rings is 1. The summed E-state index contributed by atoms with van der Waals surface area (Å²) < 4.78 is 10.7. The molecule has 1 aromatic rings. The molecule has 0 spiro atoms. The molecule has 0 atom stereocenters. The van der Waals surface area contributed by atoms with Crippen molar-refractivity contribution >= 4 is 34.8 Å². The number of allylic oxidation sites excluding steroid dienone is 1. The van der Waals surface area contributed by atoms with E-state index in [1.165, 1.54) is 12.1 Å². The Hall–Kier alpha value is -0.770. The van der Waals surface area contributed by atoms with Crippen molar-refractivity contribution in [2.75, 3.05) is 13.2 Å². The first kappa shape index (κ1) is 16.3. The van der Waals surface area contributed by atoms with Crippen LogP contribution in [0.2, 0.25) is 10.0 Å². The Morgan fingerprint density at radius 3 is 2.37 bits per heavy atom. The Kier molecular flexibility index (Phi) is 7.21. The molecule has 0 radical (unpaired) electrons. The van der Waals surface area contributed by atoms with Crippen molar-refractivity contribution in [3.05, 3.63) is 33.5 Å². The Morgan fingerprint density at radius 2 is 1.79 bits per heavy atom. The molecule has 1 aromatic carbocycles. The number of aromatic hydroxyl groups is 1. The molecule has 0 heterocycles. The monoisotopic (exact) mass is 324 g/mol. The molecule has 0 saturated heterocycles. The number of hydrogen-bond acceptors (Lipinski definition) is 3. The van der Waals surface area contributed by atoms with E-state index in [0.717, 1.165) is 12.8 Å². The van der Waals surface area contributed by atoms with Gasteiger partial charge in [-0.1, -0.05) is 23.2 Å². The summed E-state index contributed by atoms with van der Waals surface area (Å²) in [5.41, 5.74) is 0. The van der Waals surface area contributed by atoms with Crippen LogP contribution in [0, 0.1) is 0 Å². The van der Waals surface area contributed by atoms with Crippen molar-refractivity contribution in [3.8, 4) is 11.5 Å². The highest BCUT2D eigenvalue weighted by Crippen LogP contribution is 2.36. The molecule has 1 rings (SSSR count). The van der Waals surface area contributed by atoms with Gasteiger partial charge in [-0.2, -0.15) is 0 Å². The quantitative estimate of drug-likeness (QED) is 0.568. The molecular weight excluding hydrogens is 310 g/mol. The number of phenols is 1. The number of hydrogen-bond donors (Lipinski definition) is 1. The third-order valence-electron chi connectivity index (χ3n) is 2.24. The second-order valence-electron chi connectivity index (χ2n) is 3.74. The van der Waals surface area contributed by atoms with Gasteiger partial charge in [0.25, 0.3) is 0 Å². The second-order valence-corrected chi connectivity index (χ2v) is 4.92. The summed E-state index contributed by atoms with van der Waals surface area (Å²) in [6, 6.07) is 2.77. The lowest BCUT2D eigenvalue weighted by atomic mass is 10.3. The number of rotatable bonds is 7. The molecule has 0 aliphatic heterocycles. The molecule has 0 aliphatic rings. The number of unbranched alkanes of at least 4 members (excludes halogenated alkanes) is 1. The highest BCUT2D eigenvalue weighted by Gasteiger charge is 2.09. The minimum Gasteiger partial charge on any atom is -0.508 e. The van der Waals surface area contributed by atoms with Crippen molar-refractivity contribution in [2.24, 2.45) is 0 Å². The van der Waals surface area contributed by atoms with Crippen molar-refractivity contribution < 1.29 is 14.6 Å². The fraction of sp³-hybridized carbons (Fsp3) is 0.385.